The Morgan fingerprint density at radius 3 is 2.40 bits per heavy atom. The van der Waals surface area contributed by atoms with Gasteiger partial charge in [-0.05, 0) is 59.0 Å². The van der Waals surface area contributed by atoms with Crippen LogP contribution in [0.2, 0.25) is 0 Å². The largest absolute Gasteiger partial charge is 0.573 e. The Morgan fingerprint density at radius 1 is 1.10 bits per heavy atom. The first-order valence-electron chi connectivity index (χ1n) is 8.42. The average molecular weight is 437 g/mol. The Labute approximate surface area is 172 Å². The van der Waals surface area contributed by atoms with Gasteiger partial charge in [0.1, 0.15) is 18.1 Å². The van der Waals surface area contributed by atoms with Crippen LogP contribution in [0.25, 0.3) is 5.69 Å². The van der Waals surface area contributed by atoms with E-state index in [1.807, 2.05) is 6.07 Å². The first kappa shape index (κ1) is 21.4. The predicted molar refractivity (Wildman–Crippen MR) is 99.2 cm³/mol. The zero-order chi connectivity index (χ0) is 21.6. The summed E-state index contributed by atoms with van der Waals surface area (Å²) in [5, 5.41) is 30.5. The van der Waals surface area contributed by atoms with Gasteiger partial charge in [-0.3, -0.25) is 0 Å². The molecule has 8 nitrogen and oxygen atoms in total. The molecule has 12 heteroatoms. The van der Waals surface area contributed by atoms with Gasteiger partial charge >= 0.3 is 6.36 Å². The minimum atomic E-state index is -4.77. The number of ether oxygens (including phenoxy) is 2. The van der Waals surface area contributed by atoms with E-state index in [0.29, 0.717) is 22.2 Å². The molecule has 3 aromatic rings. The molecule has 0 bridgehead atoms. The summed E-state index contributed by atoms with van der Waals surface area (Å²) in [6.45, 7) is 0.0178. The van der Waals surface area contributed by atoms with Crippen molar-refractivity contribution < 1.29 is 27.8 Å². The molecule has 0 aliphatic carbocycles. The van der Waals surface area contributed by atoms with E-state index in [9.17, 15) is 18.3 Å². The lowest BCUT2D eigenvalue weighted by molar-refractivity contribution is -0.274. The molecule has 0 amide bonds. The number of aromatic nitrogens is 4. The van der Waals surface area contributed by atoms with Gasteiger partial charge in [0, 0.05) is 5.75 Å². The molecular formula is C18H14F3N5O3S. The number of aliphatic hydroxyl groups is 1. The molecule has 0 aliphatic heterocycles. The Kier molecular flexibility index (Phi) is 6.76. The molecule has 30 heavy (non-hydrogen) atoms. The molecule has 156 valence electrons. The second-order valence-electron chi connectivity index (χ2n) is 5.83. The highest BCUT2D eigenvalue weighted by molar-refractivity contribution is 7.99. The summed E-state index contributed by atoms with van der Waals surface area (Å²) >= 11 is 1.15. The monoisotopic (exact) mass is 437 g/mol. The maximum absolute atomic E-state index is 12.3. The normalized spacial score (nSPS) is 12.2. The van der Waals surface area contributed by atoms with Gasteiger partial charge in [-0.2, -0.15) is 9.94 Å². The molecule has 2 aromatic carbocycles. The first-order chi connectivity index (χ1) is 14.3. The average Bonchev–Trinajstić information content (AvgIpc) is 3.19. The molecule has 1 unspecified atom stereocenters. The topological polar surface area (TPSA) is 106 Å². The molecule has 0 radical (unpaired) electrons. The molecule has 0 fully saturated rings. The van der Waals surface area contributed by atoms with Crippen LogP contribution in [0.3, 0.4) is 0 Å². The summed E-state index contributed by atoms with van der Waals surface area (Å²) in [6, 6.07) is 13.5. The third kappa shape index (κ3) is 6.10. The second-order valence-corrected chi connectivity index (χ2v) is 6.81. The van der Waals surface area contributed by atoms with Gasteiger partial charge in [0.15, 0.2) is 0 Å². The van der Waals surface area contributed by atoms with Crippen LogP contribution in [0.1, 0.15) is 5.56 Å². The molecule has 3 rings (SSSR count). The van der Waals surface area contributed by atoms with Gasteiger partial charge in [-0.15, -0.1) is 18.3 Å². The Bertz CT molecular complexity index is 1000. The standard InChI is InChI=1S/C18H14F3N5O3S/c19-18(20,21)29-16-7-3-13(4-8-16)26-17(23-24-25-26)30-11-14(27)10-28-15-5-1-12(9-22)2-6-15/h1-8,14,27H,10-11H2. The van der Waals surface area contributed by atoms with Crippen molar-refractivity contribution >= 4 is 11.8 Å². The minimum absolute atomic E-state index is 0.0178. The zero-order valence-electron chi connectivity index (χ0n) is 15.2. The molecule has 1 atom stereocenters. The highest BCUT2D eigenvalue weighted by Gasteiger charge is 2.31. The maximum Gasteiger partial charge on any atom is 0.573 e. The number of rotatable bonds is 8. The molecule has 0 aliphatic rings. The van der Waals surface area contributed by atoms with Gasteiger partial charge in [0.05, 0.1) is 23.4 Å². The predicted octanol–water partition coefficient (Wildman–Crippen LogP) is 2.96. The van der Waals surface area contributed by atoms with Crippen molar-refractivity contribution in [3.8, 4) is 23.3 Å². The molecule has 0 saturated heterocycles. The fraction of sp³-hybridized carbons (Fsp3) is 0.222. The van der Waals surface area contributed by atoms with Gasteiger partial charge < -0.3 is 14.6 Å². The van der Waals surface area contributed by atoms with Gasteiger partial charge in [-0.25, -0.2) is 0 Å². The van der Waals surface area contributed by atoms with Crippen molar-refractivity contribution in [1.29, 1.82) is 5.26 Å². The van der Waals surface area contributed by atoms with E-state index in [1.165, 1.54) is 16.8 Å². The number of thioether (sulfide) groups is 1. The zero-order valence-corrected chi connectivity index (χ0v) is 16.0. The summed E-state index contributed by atoms with van der Waals surface area (Å²) < 4.78 is 47.4. The lowest BCUT2D eigenvalue weighted by Crippen LogP contribution is -2.20. The van der Waals surface area contributed by atoms with Crippen molar-refractivity contribution in [3.63, 3.8) is 0 Å². The molecule has 1 heterocycles. The van der Waals surface area contributed by atoms with Crippen LogP contribution in [0.4, 0.5) is 13.2 Å². The third-order valence-corrected chi connectivity index (χ3v) is 4.65. The quantitative estimate of drug-likeness (QED) is 0.536. The fourth-order valence-corrected chi connectivity index (χ4v) is 3.05. The summed E-state index contributed by atoms with van der Waals surface area (Å²) in [5.74, 6) is 0.374. The number of benzene rings is 2. The Balaban J connectivity index is 1.54. The lowest BCUT2D eigenvalue weighted by Gasteiger charge is -2.12. The molecular weight excluding hydrogens is 423 g/mol. The third-order valence-electron chi connectivity index (χ3n) is 3.59. The van der Waals surface area contributed by atoms with E-state index in [-0.39, 0.29) is 18.1 Å². The molecule has 0 saturated carbocycles. The number of aliphatic hydroxyl groups excluding tert-OH is 1. The number of halogens is 3. The van der Waals surface area contributed by atoms with Crippen LogP contribution in [0, 0.1) is 11.3 Å². The summed E-state index contributed by atoms with van der Waals surface area (Å²) in [4.78, 5) is 0. The van der Waals surface area contributed by atoms with E-state index in [1.54, 1.807) is 24.3 Å². The van der Waals surface area contributed by atoms with E-state index in [2.05, 4.69) is 20.3 Å². The highest BCUT2D eigenvalue weighted by Crippen LogP contribution is 2.25. The summed E-state index contributed by atoms with van der Waals surface area (Å²) in [5.41, 5.74) is 0.934. The van der Waals surface area contributed by atoms with E-state index >= 15 is 0 Å². The van der Waals surface area contributed by atoms with Crippen molar-refractivity contribution in [2.24, 2.45) is 0 Å². The Hall–Kier alpha value is -3.30. The minimum Gasteiger partial charge on any atom is -0.491 e. The van der Waals surface area contributed by atoms with Gasteiger partial charge in [0.2, 0.25) is 5.16 Å². The summed E-state index contributed by atoms with van der Waals surface area (Å²) in [7, 11) is 0. The van der Waals surface area contributed by atoms with Crippen LogP contribution in [-0.4, -0.2) is 50.1 Å². The summed E-state index contributed by atoms with van der Waals surface area (Å²) in [6.07, 6.45) is -5.61. The molecule has 1 aromatic heterocycles. The van der Waals surface area contributed by atoms with Gasteiger partial charge in [-0.1, -0.05) is 11.8 Å². The van der Waals surface area contributed by atoms with Crippen molar-refractivity contribution in [3.05, 3.63) is 54.1 Å². The van der Waals surface area contributed by atoms with E-state index in [4.69, 9.17) is 10.00 Å². The van der Waals surface area contributed by atoms with Crippen LogP contribution < -0.4 is 9.47 Å². The number of alkyl halides is 3. The van der Waals surface area contributed by atoms with E-state index < -0.39 is 12.5 Å². The molecule has 1 N–H and O–H groups in total. The number of nitrogens with zero attached hydrogens (tertiary/aromatic N) is 5. The number of hydrogen-bond acceptors (Lipinski definition) is 8. The van der Waals surface area contributed by atoms with Gasteiger partial charge in [0.25, 0.3) is 0 Å². The number of hydrogen-bond donors (Lipinski definition) is 1. The van der Waals surface area contributed by atoms with Crippen LogP contribution in [0.15, 0.2) is 53.7 Å². The highest BCUT2D eigenvalue weighted by atomic mass is 32.2. The second kappa shape index (κ2) is 9.47. The first-order valence-corrected chi connectivity index (χ1v) is 9.41. The lowest BCUT2D eigenvalue weighted by atomic mass is 10.2. The number of nitriles is 1. The maximum atomic E-state index is 12.3. The Morgan fingerprint density at radius 2 is 1.77 bits per heavy atom. The van der Waals surface area contributed by atoms with Crippen molar-refractivity contribution in [2.45, 2.75) is 17.6 Å². The SMILES string of the molecule is N#Cc1ccc(OCC(O)CSc2nnnn2-c2ccc(OC(F)(F)F)cc2)cc1. The van der Waals surface area contributed by atoms with Crippen LogP contribution >= 0.6 is 11.8 Å². The van der Waals surface area contributed by atoms with Crippen LogP contribution in [-0.2, 0) is 0 Å². The van der Waals surface area contributed by atoms with Crippen molar-refractivity contribution in [1.82, 2.24) is 20.2 Å². The van der Waals surface area contributed by atoms with E-state index in [0.717, 1.165) is 23.9 Å². The van der Waals surface area contributed by atoms with Crippen LogP contribution in [0.5, 0.6) is 11.5 Å². The number of tetrazole rings is 1. The fourth-order valence-electron chi connectivity index (χ4n) is 2.26. The smallest absolute Gasteiger partial charge is 0.491 e. The van der Waals surface area contributed by atoms with Crippen molar-refractivity contribution in [2.75, 3.05) is 12.4 Å². The molecule has 0 spiro atoms.